The molecule has 0 aliphatic heterocycles. The fraction of sp³-hybridized carbons (Fsp3) is 0.364. The van der Waals surface area contributed by atoms with Gasteiger partial charge in [-0.2, -0.15) is 0 Å². The van der Waals surface area contributed by atoms with Crippen LogP contribution in [0.1, 0.15) is 18.5 Å². The zero-order valence-electron chi connectivity index (χ0n) is 8.55. The van der Waals surface area contributed by atoms with Crippen LogP contribution in [0.4, 0.5) is 0 Å². The lowest BCUT2D eigenvalue weighted by molar-refractivity contribution is -0.129. The maximum Gasteiger partial charge on any atom is 0.249 e. The molecule has 0 aromatic heterocycles. The average Bonchev–Trinajstić information content (AvgIpc) is 2.26. The van der Waals surface area contributed by atoms with E-state index in [9.17, 15) is 4.79 Å². The van der Waals surface area contributed by atoms with E-state index in [1.165, 1.54) is 6.92 Å². The number of hydrogen-bond donors (Lipinski definition) is 3. The molecule has 0 saturated heterocycles. The number of carbonyl (C=O) groups is 1. The first-order chi connectivity index (χ1) is 7.15. The van der Waals surface area contributed by atoms with Gasteiger partial charge in [0.25, 0.3) is 0 Å². The van der Waals surface area contributed by atoms with Crippen LogP contribution >= 0.6 is 0 Å². The van der Waals surface area contributed by atoms with Crippen LogP contribution in [0, 0.1) is 0 Å². The van der Waals surface area contributed by atoms with Crippen molar-refractivity contribution in [2.45, 2.75) is 19.1 Å². The fourth-order valence-electron chi connectivity index (χ4n) is 1.21. The van der Waals surface area contributed by atoms with Gasteiger partial charge in [-0.25, -0.2) is 0 Å². The molecule has 0 saturated carbocycles. The topological polar surface area (TPSA) is 69.6 Å². The maximum atomic E-state index is 11.2. The average molecular weight is 209 g/mol. The molecule has 0 aliphatic rings. The molecule has 0 aliphatic carbocycles. The SMILES string of the molecule is CC(O)C(=O)N[C@H](CO)c1ccccc1. The largest absolute Gasteiger partial charge is 0.394 e. The number of rotatable bonds is 4. The number of benzene rings is 1. The predicted octanol–water partition coefficient (Wildman–Crippen LogP) is 0.217. The van der Waals surface area contributed by atoms with Crippen LogP contribution in [0.25, 0.3) is 0 Å². The molecule has 4 heteroatoms. The Morgan fingerprint density at radius 1 is 1.40 bits per heavy atom. The van der Waals surface area contributed by atoms with Gasteiger partial charge in [0.1, 0.15) is 6.10 Å². The van der Waals surface area contributed by atoms with Crippen molar-refractivity contribution in [3.63, 3.8) is 0 Å². The molecular formula is C11H15NO3. The van der Waals surface area contributed by atoms with Gasteiger partial charge in [0.15, 0.2) is 0 Å². The Balaban J connectivity index is 2.69. The molecule has 2 atom stereocenters. The highest BCUT2D eigenvalue weighted by Gasteiger charge is 2.15. The molecular weight excluding hydrogens is 194 g/mol. The zero-order valence-corrected chi connectivity index (χ0v) is 8.55. The van der Waals surface area contributed by atoms with Gasteiger partial charge in [0.05, 0.1) is 12.6 Å². The smallest absolute Gasteiger partial charge is 0.249 e. The number of aliphatic hydroxyl groups excluding tert-OH is 2. The minimum Gasteiger partial charge on any atom is -0.394 e. The quantitative estimate of drug-likeness (QED) is 0.664. The lowest BCUT2D eigenvalue weighted by atomic mass is 10.1. The summed E-state index contributed by atoms with van der Waals surface area (Å²) < 4.78 is 0. The normalized spacial score (nSPS) is 14.3. The number of aliphatic hydroxyl groups is 2. The third kappa shape index (κ3) is 3.34. The van der Waals surface area contributed by atoms with Gasteiger partial charge in [-0.05, 0) is 12.5 Å². The molecule has 3 N–H and O–H groups in total. The van der Waals surface area contributed by atoms with E-state index in [1.807, 2.05) is 30.3 Å². The lowest BCUT2D eigenvalue weighted by Gasteiger charge is -2.17. The van der Waals surface area contributed by atoms with E-state index in [4.69, 9.17) is 10.2 Å². The Labute approximate surface area is 88.6 Å². The van der Waals surface area contributed by atoms with Gasteiger partial charge < -0.3 is 15.5 Å². The second-order valence-corrected chi connectivity index (χ2v) is 3.33. The van der Waals surface area contributed by atoms with Crippen LogP contribution in [0.3, 0.4) is 0 Å². The molecule has 0 fully saturated rings. The molecule has 0 heterocycles. The maximum absolute atomic E-state index is 11.2. The van der Waals surface area contributed by atoms with Crippen molar-refractivity contribution in [1.82, 2.24) is 5.32 Å². The van der Waals surface area contributed by atoms with Crippen molar-refractivity contribution in [2.24, 2.45) is 0 Å². The summed E-state index contributed by atoms with van der Waals surface area (Å²) in [5.41, 5.74) is 0.814. The van der Waals surface area contributed by atoms with E-state index in [-0.39, 0.29) is 6.61 Å². The minimum absolute atomic E-state index is 0.192. The van der Waals surface area contributed by atoms with E-state index in [2.05, 4.69) is 5.32 Å². The summed E-state index contributed by atoms with van der Waals surface area (Å²) in [6.45, 7) is 1.19. The van der Waals surface area contributed by atoms with Crippen molar-refractivity contribution in [1.29, 1.82) is 0 Å². The highest BCUT2D eigenvalue weighted by molar-refractivity contribution is 5.80. The van der Waals surface area contributed by atoms with E-state index in [0.29, 0.717) is 0 Å². The molecule has 15 heavy (non-hydrogen) atoms. The molecule has 1 aromatic carbocycles. The zero-order chi connectivity index (χ0) is 11.3. The van der Waals surface area contributed by atoms with E-state index < -0.39 is 18.1 Å². The van der Waals surface area contributed by atoms with Gasteiger partial charge in [0, 0.05) is 0 Å². The molecule has 1 aromatic rings. The highest BCUT2D eigenvalue weighted by Crippen LogP contribution is 2.11. The van der Waals surface area contributed by atoms with Crippen LogP contribution in [-0.4, -0.2) is 28.8 Å². The Morgan fingerprint density at radius 2 is 2.00 bits per heavy atom. The van der Waals surface area contributed by atoms with Crippen LogP contribution in [0.5, 0.6) is 0 Å². The highest BCUT2D eigenvalue weighted by atomic mass is 16.3. The van der Waals surface area contributed by atoms with E-state index in [1.54, 1.807) is 0 Å². The van der Waals surface area contributed by atoms with Gasteiger partial charge in [-0.1, -0.05) is 30.3 Å². The van der Waals surface area contributed by atoms with Crippen LogP contribution in [0.2, 0.25) is 0 Å². The van der Waals surface area contributed by atoms with E-state index in [0.717, 1.165) is 5.56 Å². The second kappa shape index (κ2) is 5.48. The van der Waals surface area contributed by atoms with Crippen molar-refractivity contribution >= 4 is 5.91 Å². The Morgan fingerprint density at radius 3 is 2.47 bits per heavy atom. The standard InChI is InChI=1S/C11H15NO3/c1-8(14)11(15)12-10(7-13)9-5-3-2-4-6-9/h2-6,8,10,13-14H,7H2,1H3,(H,12,15)/t8?,10-/m1/s1. The molecule has 0 radical (unpaired) electrons. The summed E-state index contributed by atoms with van der Waals surface area (Å²) in [4.78, 5) is 11.2. The van der Waals surface area contributed by atoms with Crippen LogP contribution in [-0.2, 0) is 4.79 Å². The monoisotopic (exact) mass is 209 g/mol. The minimum atomic E-state index is -1.07. The summed E-state index contributed by atoms with van der Waals surface area (Å²) in [6.07, 6.45) is -1.07. The summed E-state index contributed by atoms with van der Waals surface area (Å²) >= 11 is 0. The Bertz CT molecular complexity index is 311. The van der Waals surface area contributed by atoms with Crippen molar-refractivity contribution in [2.75, 3.05) is 6.61 Å². The summed E-state index contributed by atoms with van der Waals surface area (Å²) in [5, 5.41) is 20.7. The summed E-state index contributed by atoms with van der Waals surface area (Å²) in [7, 11) is 0. The van der Waals surface area contributed by atoms with Crippen molar-refractivity contribution in [3.05, 3.63) is 35.9 Å². The van der Waals surface area contributed by atoms with E-state index >= 15 is 0 Å². The van der Waals surface area contributed by atoms with Gasteiger partial charge >= 0.3 is 0 Å². The van der Waals surface area contributed by atoms with Gasteiger partial charge in [-0.15, -0.1) is 0 Å². The van der Waals surface area contributed by atoms with Gasteiger partial charge in [0.2, 0.25) is 5.91 Å². The number of amides is 1. The van der Waals surface area contributed by atoms with Crippen LogP contribution < -0.4 is 5.32 Å². The lowest BCUT2D eigenvalue weighted by Crippen LogP contribution is -2.37. The molecule has 4 nitrogen and oxygen atoms in total. The molecule has 1 rings (SSSR count). The van der Waals surface area contributed by atoms with Crippen LogP contribution in [0.15, 0.2) is 30.3 Å². The van der Waals surface area contributed by atoms with Crippen molar-refractivity contribution < 1.29 is 15.0 Å². The first kappa shape index (κ1) is 11.7. The first-order valence-corrected chi connectivity index (χ1v) is 4.79. The molecule has 1 amide bonds. The molecule has 0 spiro atoms. The molecule has 1 unspecified atom stereocenters. The summed E-state index contributed by atoms with van der Waals surface area (Å²) in [5.74, 6) is -0.488. The number of nitrogens with one attached hydrogen (secondary N) is 1. The predicted molar refractivity (Wildman–Crippen MR) is 56.1 cm³/mol. The third-order valence-electron chi connectivity index (χ3n) is 2.08. The Hall–Kier alpha value is -1.39. The summed E-state index contributed by atoms with van der Waals surface area (Å²) in [6, 6.07) is 8.66. The fourth-order valence-corrected chi connectivity index (χ4v) is 1.21. The first-order valence-electron chi connectivity index (χ1n) is 4.79. The number of carbonyl (C=O) groups excluding carboxylic acids is 1. The molecule has 0 bridgehead atoms. The molecule has 82 valence electrons. The Kier molecular flexibility index (Phi) is 4.27. The third-order valence-corrected chi connectivity index (χ3v) is 2.08. The number of hydrogen-bond acceptors (Lipinski definition) is 3. The second-order valence-electron chi connectivity index (χ2n) is 3.33. The van der Waals surface area contributed by atoms with Crippen molar-refractivity contribution in [3.8, 4) is 0 Å². The van der Waals surface area contributed by atoms with Gasteiger partial charge in [-0.3, -0.25) is 4.79 Å².